The summed E-state index contributed by atoms with van der Waals surface area (Å²) >= 11 is 1.58. The van der Waals surface area contributed by atoms with Crippen molar-refractivity contribution in [2.24, 2.45) is 0 Å². The number of carbonyl (C=O) groups is 1. The summed E-state index contributed by atoms with van der Waals surface area (Å²) in [5.41, 5.74) is 3.17. The van der Waals surface area contributed by atoms with Crippen LogP contribution in [0.25, 0.3) is 21.3 Å². The minimum atomic E-state index is 0.0140. The SMILES string of the molecule is O=C(Cc1csc(-c2ccccc2)n1)NCCc1cccc2ccccc12. The molecule has 4 rings (SSSR count). The quantitative estimate of drug-likeness (QED) is 0.525. The molecule has 0 saturated carbocycles. The number of carbonyl (C=O) groups excluding carboxylic acids is 1. The van der Waals surface area contributed by atoms with Crippen molar-refractivity contribution in [3.63, 3.8) is 0 Å². The monoisotopic (exact) mass is 372 g/mol. The lowest BCUT2D eigenvalue weighted by Gasteiger charge is -2.07. The Balaban J connectivity index is 1.33. The van der Waals surface area contributed by atoms with E-state index in [0.717, 1.165) is 22.7 Å². The van der Waals surface area contributed by atoms with Crippen LogP contribution in [0.1, 0.15) is 11.3 Å². The summed E-state index contributed by atoms with van der Waals surface area (Å²) < 4.78 is 0. The van der Waals surface area contributed by atoms with E-state index in [1.165, 1.54) is 16.3 Å². The average Bonchev–Trinajstić information content (AvgIpc) is 3.17. The summed E-state index contributed by atoms with van der Waals surface area (Å²) in [4.78, 5) is 16.9. The lowest BCUT2D eigenvalue weighted by atomic mass is 10.0. The van der Waals surface area contributed by atoms with Gasteiger partial charge in [-0.2, -0.15) is 0 Å². The van der Waals surface area contributed by atoms with Crippen LogP contribution in [0.15, 0.2) is 78.2 Å². The summed E-state index contributed by atoms with van der Waals surface area (Å²) in [6.45, 7) is 0.628. The molecule has 134 valence electrons. The molecule has 0 spiro atoms. The van der Waals surface area contributed by atoms with Gasteiger partial charge in [-0.1, -0.05) is 72.8 Å². The standard InChI is InChI=1S/C23H20N2OS/c26-22(15-20-16-27-23(25-20)19-8-2-1-3-9-19)24-14-13-18-11-6-10-17-7-4-5-12-21(17)18/h1-12,16H,13-15H2,(H,24,26). The third-order valence-electron chi connectivity index (χ3n) is 4.51. The van der Waals surface area contributed by atoms with Crippen molar-refractivity contribution in [2.75, 3.05) is 6.54 Å². The van der Waals surface area contributed by atoms with E-state index in [0.29, 0.717) is 13.0 Å². The average molecular weight is 372 g/mol. The molecule has 0 bridgehead atoms. The lowest BCUT2D eigenvalue weighted by molar-refractivity contribution is -0.120. The fraction of sp³-hybridized carbons (Fsp3) is 0.130. The molecule has 0 aliphatic heterocycles. The molecule has 1 aromatic heterocycles. The van der Waals surface area contributed by atoms with Crippen molar-refractivity contribution < 1.29 is 4.79 Å². The maximum atomic E-state index is 12.3. The molecule has 3 nitrogen and oxygen atoms in total. The van der Waals surface area contributed by atoms with E-state index in [-0.39, 0.29) is 5.91 Å². The first-order valence-corrected chi connectivity index (χ1v) is 9.91. The van der Waals surface area contributed by atoms with Gasteiger partial charge in [0, 0.05) is 17.5 Å². The predicted octanol–water partition coefficient (Wildman–Crippen LogP) is 4.86. The Morgan fingerprint density at radius 3 is 2.59 bits per heavy atom. The van der Waals surface area contributed by atoms with Crippen LogP contribution >= 0.6 is 11.3 Å². The van der Waals surface area contributed by atoms with Gasteiger partial charge in [-0.15, -0.1) is 11.3 Å². The van der Waals surface area contributed by atoms with Gasteiger partial charge < -0.3 is 5.32 Å². The van der Waals surface area contributed by atoms with Crippen molar-refractivity contribution in [3.8, 4) is 10.6 Å². The smallest absolute Gasteiger partial charge is 0.226 e. The van der Waals surface area contributed by atoms with Crippen LogP contribution < -0.4 is 5.32 Å². The second-order valence-electron chi connectivity index (χ2n) is 6.43. The first-order valence-electron chi connectivity index (χ1n) is 9.03. The fourth-order valence-electron chi connectivity index (χ4n) is 3.18. The Morgan fingerprint density at radius 1 is 0.926 bits per heavy atom. The summed E-state index contributed by atoms with van der Waals surface area (Å²) in [5.74, 6) is 0.0140. The van der Waals surface area contributed by atoms with Crippen molar-refractivity contribution >= 4 is 28.0 Å². The zero-order chi connectivity index (χ0) is 18.5. The van der Waals surface area contributed by atoms with Gasteiger partial charge in [0.15, 0.2) is 0 Å². The molecule has 1 heterocycles. The second-order valence-corrected chi connectivity index (χ2v) is 7.28. The number of nitrogens with one attached hydrogen (secondary N) is 1. The number of fused-ring (bicyclic) bond motifs is 1. The van der Waals surface area contributed by atoms with Gasteiger partial charge in [-0.3, -0.25) is 4.79 Å². The maximum Gasteiger partial charge on any atom is 0.226 e. The number of amides is 1. The van der Waals surface area contributed by atoms with Crippen LogP contribution in [-0.2, 0) is 17.6 Å². The summed E-state index contributed by atoms with van der Waals surface area (Å²) in [6, 6.07) is 24.7. The molecule has 0 aliphatic carbocycles. The molecule has 0 fully saturated rings. The zero-order valence-electron chi connectivity index (χ0n) is 14.9. The number of hydrogen-bond acceptors (Lipinski definition) is 3. The van der Waals surface area contributed by atoms with Gasteiger partial charge in [0.05, 0.1) is 12.1 Å². The maximum absolute atomic E-state index is 12.3. The van der Waals surface area contributed by atoms with E-state index in [9.17, 15) is 4.79 Å². The highest BCUT2D eigenvalue weighted by Gasteiger charge is 2.09. The Morgan fingerprint density at radius 2 is 1.70 bits per heavy atom. The Kier molecular flexibility index (Phi) is 5.26. The summed E-state index contributed by atoms with van der Waals surface area (Å²) in [7, 11) is 0. The van der Waals surface area contributed by atoms with Gasteiger partial charge in [0.25, 0.3) is 0 Å². The topological polar surface area (TPSA) is 42.0 Å². The van der Waals surface area contributed by atoms with E-state index >= 15 is 0 Å². The van der Waals surface area contributed by atoms with Crippen LogP contribution in [-0.4, -0.2) is 17.4 Å². The summed E-state index contributed by atoms with van der Waals surface area (Å²) in [5, 5.41) is 8.42. The highest BCUT2D eigenvalue weighted by molar-refractivity contribution is 7.13. The normalized spacial score (nSPS) is 10.8. The number of rotatable bonds is 6. The highest BCUT2D eigenvalue weighted by atomic mass is 32.1. The van der Waals surface area contributed by atoms with E-state index in [1.54, 1.807) is 11.3 Å². The Labute approximate surface area is 162 Å². The predicted molar refractivity (Wildman–Crippen MR) is 112 cm³/mol. The van der Waals surface area contributed by atoms with Crippen molar-refractivity contribution in [1.29, 1.82) is 0 Å². The molecular formula is C23H20N2OS. The molecule has 0 saturated heterocycles. The Bertz CT molecular complexity index is 1050. The van der Waals surface area contributed by atoms with E-state index in [2.05, 4.69) is 46.7 Å². The van der Waals surface area contributed by atoms with Crippen LogP contribution in [0.5, 0.6) is 0 Å². The largest absolute Gasteiger partial charge is 0.355 e. The number of thiazole rings is 1. The van der Waals surface area contributed by atoms with Gasteiger partial charge >= 0.3 is 0 Å². The molecular weight excluding hydrogens is 352 g/mol. The zero-order valence-corrected chi connectivity index (χ0v) is 15.7. The molecule has 4 heteroatoms. The van der Waals surface area contributed by atoms with Crippen LogP contribution in [0.3, 0.4) is 0 Å². The van der Waals surface area contributed by atoms with E-state index < -0.39 is 0 Å². The van der Waals surface area contributed by atoms with Gasteiger partial charge in [-0.25, -0.2) is 4.98 Å². The molecule has 0 unspecified atom stereocenters. The summed E-state index contributed by atoms with van der Waals surface area (Å²) in [6.07, 6.45) is 1.14. The van der Waals surface area contributed by atoms with E-state index in [1.807, 2.05) is 41.8 Å². The number of nitrogens with zero attached hydrogens (tertiary/aromatic N) is 1. The Hall–Kier alpha value is -2.98. The first-order chi connectivity index (χ1) is 13.3. The number of aromatic nitrogens is 1. The molecule has 0 radical (unpaired) electrons. The molecule has 4 aromatic rings. The fourth-order valence-corrected chi connectivity index (χ4v) is 4.00. The number of hydrogen-bond donors (Lipinski definition) is 1. The lowest BCUT2D eigenvalue weighted by Crippen LogP contribution is -2.27. The molecule has 3 aromatic carbocycles. The van der Waals surface area contributed by atoms with Gasteiger partial charge in [0.1, 0.15) is 5.01 Å². The third-order valence-corrected chi connectivity index (χ3v) is 5.45. The van der Waals surface area contributed by atoms with Crippen LogP contribution in [0, 0.1) is 0 Å². The highest BCUT2D eigenvalue weighted by Crippen LogP contribution is 2.23. The van der Waals surface area contributed by atoms with Crippen molar-refractivity contribution in [3.05, 3.63) is 89.4 Å². The number of benzene rings is 3. The molecule has 27 heavy (non-hydrogen) atoms. The minimum absolute atomic E-state index is 0.0140. The van der Waals surface area contributed by atoms with Gasteiger partial charge in [0.2, 0.25) is 5.91 Å². The third kappa shape index (κ3) is 4.23. The van der Waals surface area contributed by atoms with Gasteiger partial charge in [-0.05, 0) is 22.8 Å². The van der Waals surface area contributed by atoms with Crippen LogP contribution in [0.2, 0.25) is 0 Å². The molecule has 1 N–H and O–H groups in total. The minimum Gasteiger partial charge on any atom is -0.355 e. The van der Waals surface area contributed by atoms with Crippen LogP contribution in [0.4, 0.5) is 0 Å². The molecule has 0 aliphatic rings. The second kappa shape index (κ2) is 8.14. The van der Waals surface area contributed by atoms with Crippen molar-refractivity contribution in [2.45, 2.75) is 12.8 Å². The first kappa shape index (κ1) is 17.4. The van der Waals surface area contributed by atoms with E-state index in [4.69, 9.17) is 0 Å². The molecule has 0 atom stereocenters. The van der Waals surface area contributed by atoms with Crippen molar-refractivity contribution in [1.82, 2.24) is 10.3 Å². The molecule has 1 amide bonds.